The monoisotopic (exact) mass is 218 g/mol. The summed E-state index contributed by atoms with van der Waals surface area (Å²) in [5.74, 6) is 1.57. The molecule has 2 aromatic carbocycles. The van der Waals surface area contributed by atoms with E-state index in [-0.39, 0.29) is 6.61 Å². The molecular formula is C13H14O3. The van der Waals surface area contributed by atoms with E-state index in [0.717, 1.165) is 27.8 Å². The molecule has 0 aromatic heterocycles. The first kappa shape index (κ1) is 10.8. The summed E-state index contributed by atoms with van der Waals surface area (Å²) in [6, 6.07) is 9.45. The number of hydrogen-bond donors (Lipinski definition) is 1. The molecule has 84 valence electrons. The maximum absolute atomic E-state index is 9.28. The van der Waals surface area contributed by atoms with Crippen molar-refractivity contribution in [3.63, 3.8) is 0 Å². The lowest BCUT2D eigenvalue weighted by atomic mass is 10.0. The van der Waals surface area contributed by atoms with Crippen molar-refractivity contribution < 1.29 is 14.6 Å². The van der Waals surface area contributed by atoms with Crippen LogP contribution in [0.3, 0.4) is 0 Å². The van der Waals surface area contributed by atoms with Gasteiger partial charge in [-0.25, -0.2) is 0 Å². The van der Waals surface area contributed by atoms with Gasteiger partial charge in [0.2, 0.25) is 0 Å². The van der Waals surface area contributed by atoms with Crippen LogP contribution in [0, 0.1) is 0 Å². The van der Waals surface area contributed by atoms with E-state index in [9.17, 15) is 5.11 Å². The van der Waals surface area contributed by atoms with Gasteiger partial charge in [-0.3, -0.25) is 0 Å². The summed E-state index contributed by atoms with van der Waals surface area (Å²) < 4.78 is 10.5. The summed E-state index contributed by atoms with van der Waals surface area (Å²) >= 11 is 0. The van der Waals surface area contributed by atoms with E-state index >= 15 is 0 Å². The van der Waals surface area contributed by atoms with Crippen LogP contribution in [0.5, 0.6) is 11.5 Å². The molecule has 0 atom stereocenters. The van der Waals surface area contributed by atoms with Crippen molar-refractivity contribution in [3.8, 4) is 11.5 Å². The molecule has 2 aromatic rings. The SMILES string of the molecule is COc1ccc2c(OC)ccc(CO)c2c1. The second-order valence-corrected chi connectivity index (χ2v) is 3.50. The molecule has 0 bridgehead atoms. The molecule has 0 saturated heterocycles. The van der Waals surface area contributed by atoms with Crippen molar-refractivity contribution in [2.75, 3.05) is 14.2 Å². The second kappa shape index (κ2) is 4.41. The summed E-state index contributed by atoms with van der Waals surface area (Å²) in [4.78, 5) is 0. The quantitative estimate of drug-likeness (QED) is 0.859. The Hall–Kier alpha value is -1.74. The molecule has 3 heteroatoms. The van der Waals surface area contributed by atoms with Gasteiger partial charge in [-0.2, -0.15) is 0 Å². The summed E-state index contributed by atoms with van der Waals surface area (Å²) in [7, 11) is 3.26. The molecule has 0 aliphatic heterocycles. The third-order valence-corrected chi connectivity index (χ3v) is 2.66. The van der Waals surface area contributed by atoms with E-state index in [0.29, 0.717) is 0 Å². The van der Waals surface area contributed by atoms with E-state index in [1.54, 1.807) is 14.2 Å². The number of aliphatic hydroxyl groups is 1. The lowest BCUT2D eigenvalue weighted by Crippen LogP contribution is -1.91. The highest BCUT2D eigenvalue weighted by atomic mass is 16.5. The van der Waals surface area contributed by atoms with E-state index in [1.807, 2.05) is 30.3 Å². The summed E-state index contributed by atoms with van der Waals surface area (Å²) in [6.45, 7) is 0.00760. The third kappa shape index (κ3) is 1.70. The minimum absolute atomic E-state index is 0.00760. The van der Waals surface area contributed by atoms with Gasteiger partial charge in [0.25, 0.3) is 0 Å². The van der Waals surface area contributed by atoms with Gasteiger partial charge in [0.15, 0.2) is 0 Å². The Bertz CT molecular complexity index is 506. The lowest BCUT2D eigenvalue weighted by molar-refractivity contribution is 0.283. The van der Waals surface area contributed by atoms with Gasteiger partial charge in [0.05, 0.1) is 20.8 Å². The Kier molecular flexibility index (Phi) is 2.97. The molecular weight excluding hydrogens is 204 g/mol. The fraction of sp³-hybridized carbons (Fsp3) is 0.231. The highest BCUT2D eigenvalue weighted by Gasteiger charge is 2.06. The van der Waals surface area contributed by atoms with Crippen LogP contribution in [0.2, 0.25) is 0 Å². The normalized spacial score (nSPS) is 10.4. The highest BCUT2D eigenvalue weighted by Crippen LogP contribution is 2.31. The van der Waals surface area contributed by atoms with Crippen molar-refractivity contribution in [2.24, 2.45) is 0 Å². The molecule has 0 amide bonds. The average molecular weight is 218 g/mol. The zero-order valence-corrected chi connectivity index (χ0v) is 9.36. The fourth-order valence-electron chi connectivity index (χ4n) is 1.80. The second-order valence-electron chi connectivity index (χ2n) is 3.50. The molecule has 0 radical (unpaired) electrons. The van der Waals surface area contributed by atoms with E-state index in [4.69, 9.17) is 9.47 Å². The van der Waals surface area contributed by atoms with Crippen LogP contribution in [0.1, 0.15) is 5.56 Å². The number of fused-ring (bicyclic) bond motifs is 1. The Balaban J connectivity index is 2.74. The summed E-state index contributed by atoms with van der Waals surface area (Å²) in [5, 5.41) is 11.2. The van der Waals surface area contributed by atoms with Crippen LogP contribution in [0.15, 0.2) is 30.3 Å². The van der Waals surface area contributed by atoms with Gasteiger partial charge in [0, 0.05) is 5.39 Å². The molecule has 3 nitrogen and oxygen atoms in total. The molecule has 0 unspecified atom stereocenters. The number of aliphatic hydroxyl groups excluding tert-OH is 1. The Morgan fingerprint density at radius 2 is 1.81 bits per heavy atom. The number of methoxy groups -OCH3 is 2. The lowest BCUT2D eigenvalue weighted by Gasteiger charge is -2.10. The fourth-order valence-corrected chi connectivity index (χ4v) is 1.80. The number of benzene rings is 2. The first-order chi connectivity index (χ1) is 7.80. The van der Waals surface area contributed by atoms with Gasteiger partial charge in [0.1, 0.15) is 11.5 Å². The van der Waals surface area contributed by atoms with Gasteiger partial charge in [-0.15, -0.1) is 0 Å². The summed E-state index contributed by atoms with van der Waals surface area (Å²) in [5.41, 5.74) is 0.870. The predicted octanol–water partition coefficient (Wildman–Crippen LogP) is 2.35. The number of ether oxygens (including phenoxy) is 2. The molecule has 0 aliphatic carbocycles. The molecule has 16 heavy (non-hydrogen) atoms. The number of rotatable bonds is 3. The van der Waals surface area contributed by atoms with Crippen molar-refractivity contribution in [3.05, 3.63) is 35.9 Å². The van der Waals surface area contributed by atoms with Crippen LogP contribution >= 0.6 is 0 Å². The summed E-state index contributed by atoms with van der Waals surface area (Å²) in [6.07, 6.45) is 0. The molecule has 0 heterocycles. The Morgan fingerprint density at radius 3 is 2.44 bits per heavy atom. The first-order valence-corrected chi connectivity index (χ1v) is 5.04. The Labute approximate surface area is 94.2 Å². The topological polar surface area (TPSA) is 38.7 Å². The standard InChI is InChI=1S/C13H14O3/c1-15-10-4-5-11-12(7-10)9(8-14)3-6-13(11)16-2/h3-7,14H,8H2,1-2H3. The van der Waals surface area contributed by atoms with Crippen molar-refractivity contribution in [1.82, 2.24) is 0 Å². The van der Waals surface area contributed by atoms with Gasteiger partial charge in [-0.05, 0) is 35.2 Å². The molecule has 1 N–H and O–H groups in total. The van der Waals surface area contributed by atoms with Crippen LogP contribution < -0.4 is 9.47 Å². The van der Waals surface area contributed by atoms with Crippen molar-refractivity contribution in [1.29, 1.82) is 0 Å². The van der Waals surface area contributed by atoms with Crippen molar-refractivity contribution in [2.45, 2.75) is 6.61 Å². The first-order valence-electron chi connectivity index (χ1n) is 5.04. The maximum Gasteiger partial charge on any atom is 0.126 e. The zero-order valence-electron chi connectivity index (χ0n) is 9.36. The largest absolute Gasteiger partial charge is 0.497 e. The average Bonchev–Trinajstić information content (AvgIpc) is 2.36. The minimum atomic E-state index is 0.00760. The van der Waals surface area contributed by atoms with E-state index < -0.39 is 0 Å². The maximum atomic E-state index is 9.28. The Morgan fingerprint density at radius 1 is 1.00 bits per heavy atom. The predicted molar refractivity (Wildman–Crippen MR) is 63.0 cm³/mol. The minimum Gasteiger partial charge on any atom is -0.497 e. The highest BCUT2D eigenvalue weighted by molar-refractivity contribution is 5.92. The van der Waals surface area contributed by atoms with E-state index in [2.05, 4.69) is 0 Å². The van der Waals surface area contributed by atoms with Crippen LogP contribution in [-0.2, 0) is 6.61 Å². The molecule has 0 spiro atoms. The van der Waals surface area contributed by atoms with Gasteiger partial charge in [-0.1, -0.05) is 6.07 Å². The zero-order chi connectivity index (χ0) is 11.5. The van der Waals surface area contributed by atoms with Gasteiger partial charge < -0.3 is 14.6 Å². The van der Waals surface area contributed by atoms with E-state index in [1.165, 1.54) is 0 Å². The smallest absolute Gasteiger partial charge is 0.126 e. The molecule has 0 fully saturated rings. The van der Waals surface area contributed by atoms with Crippen LogP contribution in [-0.4, -0.2) is 19.3 Å². The van der Waals surface area contributed by atoms with Crippen LogP contribution in [0.25, 0.3) is 10.8 Å². The van der Waals surface area contributed by atoms with Gasteiger partial charge >= 0.3 is 0 Å². The third-order valence-electron chi connectivity index (χ3n) is 2.66. The molecule has 0 aliphatic rings. The molecule has 0 saturated carbocycles. The number of hydrogen-bond acceptors (Lipinski definition) is 3. The molecule has 2 rings (SSSR count). The van der Waals surface area contributed by atoms with Crippen LogP contribution in [0.4, 0.5) is 0 Å². The van der Waals surface area contributed by atoms with Crippen molar-refractivity contribution >= 4 is 10.8 Å².